The first-order valence-electron chi connectivity index (χ1n) is 7.65. The molecule has 19 heavy (non-hydrogen) atoms. The van der Waals surface area contributed by atoms with Gasteiger partial charge in [-0.05, 0) is 19.8 Å². The third-order valence-electron chi connectivity index (χ3n) is 4.94. The fraction of sp³-hybridized carbons (Fsp3) is 0.800. The molecule has 0 unspecified atom stereocenters. The van der Waals surface area contributed by atoms with E-state index in [9.17, 15) is 0 Å². The van der Waals surface area contributed by atoms with Crippen molar-refractivity contribution >= 4 is 0 Å². The zero-order valence-electron chi connectivity index (χ0n) is 12.3. The van der Waals surface area contributed by atoms with Crippen LogP contribution in [0.5, 0.6) is 0 Å². The molecule has 1 aromatic heterocycles. The van der Waals surface area contributed by atoms with Crippen molar-refractivity contribution in [1.29, 1.82) is 0 Å². The molecule has 1 aliphatic heterocycles. The minimum absolute atomic E-state index is 0.415. The average molecular weight is 262 g/mol. The second-order valence-electron chi connectivity index (χ2n) is 6.30. The van der Waals surface area contributed by atoms with E-state index in [2.05, 4.69) is 28.4 Å². The molecule has 106 valence electrons. The molecule has 1 spiro atoms. The van der Waals surface area contributed by atoms with Crippen molar-refractivity contribution in [3.63, 3.8) is 0 Å². The van der Waals surface area contributed by atoms with Crippen molar-refractivity contribution in [2.45, 2.75) is 51.1 Å². The van der Waals surface area contributed by atoms with Crippen molar-refractivity contribution in [2.75, 3.05) is 19.6 Å². The Morgan fingerprint density at radius 1 is 1.32 bits per heavy atom. The molecule has 1 saturated carbocycles. The summed E-state index contributed by atoms with van der Waals surface area (Å²) in [5.74, 6) is 0. The lowest BCUT2D eigenvalue weighted by Crippen LogP contribution is -2.61. The van der Waals surface area contributed by atoms with Crippen molar-refractivity contribution in [2.24, 2.45) is 7.05 Å². The van der Waals surface area contributed by atoms with Crippen LogP contribution in [-0.4, -0.2) is 39.9 Å². The summed E-state index contributed by atoms with van der Waals surface area (Å²) in [7, 11) is 2.02. The zero-order valence-corrected chi connectivity index (χ0v) is 12.3. The number of aryl methyl sites for hydroxylation is 2. The number of hydrogen-bond acceptors (Lipinski definition) is 3. The third kappa shape index (κ3) is 2.56. The van der Waals surface area contributed by atoms with Crippen LogP contribution in [0.25, 0.3) is 0 Å². The molecule has 2 heterocycles. The molecule has 0 amide bonds. The Hall–Kier alpha value is -0.870. The van der Waals surface area contributed by atoms with E-state index in [0.717, 1.165) is 13.1 Å². The second-order valence-corrected chi connectivity index (χ2v) is 6.30. The van der Waals surface area contributed by atoms with Gasteiger partial charge in [-0.25, -0.2) is 0 Å². The summed E-state index contributed by atoms with van der Waals surface area (Å²) in [6, 6.07) is 0. The topological polar surface area (TPSA) is 33.1 Å². The Kier molecular flexibility index (Phi) is 3.63. The number of nitrogens with zero attached hydrogens (tertiary/aromatic N) is 3. The molecule has 1 aliphatic carbocycles. The monoisotopic (exact) mass is 262 g/mol. The maximum Gasteiger partial charge on any atom is 0.0638 e. The molecule has 2 aliphatic rings. The standard InChI is InChI=1S/C15H26N4/c1-13-14(10-18(2)17-13)11-19-9-8-16-12-15(19)6-4-3-5-7-15/h10,16H,3-9,11-12H2,1-2H3. The molecule has 1 N–H and O–H groups in total. The average Bonchev–Trinajstić information content (AvgIpc) is 2.72. The summed E-state index contributed by atoms with van der Waals surface area (Å²) in [4.78, 5) is 2.73. The Labute approximate surface area is 116 Å². The van der Waals surface area contributed by atoms with Gasteiger partial charge >= 0.3 is 0 Å². The highest BCUT2D eigenvalue weighted by Crippen LogP contribution is 2.35. The van der Waals surface area contributed by atoms with E-state index < -0.39 is 0 Å². The number of hydrogen-bond donors (Lipinski definition) is 1. The Bertz CT molecular complexity index is 423. The molecule has 0 radical (unpaired) electrons. The van der Waals surface area contributed by atoms with Gasteiger partial charge in [0.1, 0.15) is 0 Å². The molecule has 1 aromatic rings. The van der Waals surface area contributed by atoms with Crippen LogP contribution >= 0.6 is 0 Å². The van der Waals surface area contributed by atoms with Crippen molar-refractivity contribution in [3.05, 3.63) is 17.5 Å². The van der Waals surface area contributed by atoms with Gasteiger partial charge in [-0.2, -0.15) is 5.10 Å². The molecule has 4 heteroatoms. The summed E-state index contributed by atoms with van der Waals surface area (Å²) in [6.07, 6.45) is 9.11. The van der Waals surface area contributed by atoms with Gasteiger partial charge < -0.3 is 5.32 Å². The first kappa shape index (κ1) is 13.1. The molecule has 3 rings (SSSR count). The smallest absolute Gasteiger partial charge is 0.0638 e. The summed E-state index contributed by atoms with van der Waals surface area (Å²) < 4.78 is 1.94. The molecule has 0 aromatic carbocycles. The van der Waals surface area contributed by atoms with E-state index in [0.29, 0.717) is 5.54 Å². The quantitative estimate of drug-likeness (QED) is 0.883. The van der Waals surface area contributed by atoms with Crippen LogP contribution < -0.4 is 5.32 Å². The van der Waals surface area contributed by atoms with E-state index in [4.69, 9.17) is 0 Å². The highest BCUT2D eigenvalue weighted by Gasteiger charge is 2.39. The van der Waals surface area contributed by atoms with Gasteiger partial charge in [-0.15, -0.1) is 0 Å². The normalized spacial score (nSPS) is 23.9. The van der Waals surface area contributed by atoms with Crippen molar-refractivity contribution in [3.8, 4) is 0 Å². The van der Waals surface area contributed by atoms with E-state index >= 15 is 0 Å². The lowest BCUT2D eigenvalue weighted by Gasteiger charge is -2.50. The van der Waals surface area contributed by atoms with Crippen LogP contribution in [0.4, 0.5) is 0 Å². The third-order valence-corrected chi connectivity index (χ3v) is 4.94. The maximum atomic E-state index is 4.48. The van der Waals surface area contributed by atoms with Crippen LogP contribution in [0.3, 0.4) is 0 Å². The molecule has 1 saturated heterocycles. The highest BCUT2D eigenvalue weighted by atomic mass is 15.3. The minimum Gasteiger partial charge on any atom is -0.314 e. The van der Waals surface area contributed by atoms with Gasteiger partial charge in [0.15, 0.2) is 0 Å². The van der Waals surface area contributed by atoms with Crippen LogP contribution in [0, 0.1) is 6.92 Å². The molecule has 2 fully saturated rings. The molecular formula is C15H26N4. The van der Waals surface area contributed by atoms with Gasteiger partial charge in [-0.1, -0.05) is 19.3 Å². The van der Waals surface area contributed by atoms with Crippen LogP contribution in [-0.2, 0) is 13.6 Å². The second kappa shape index (κ2) is 5.25. The maximum absolute atomic E-state index is 4.48. The van der Waals surface area contributed by atoms with Gasteiger partial charge in [0.2, 0.25) is 0 Å². The Balaban J connectivity index is 1.78. The fourth-order valence-electron chi connectivity index (χ4n) is 3.84. The van der Waals surface area contributed by atoms with Gasteiger partial charge in [0.25, 0.3) is 0 Å². The van der Waals surface area contributed by atoms with E-state index in [1.165, 1.54) is 56.5 Å². The van der Waals surface area contributed by atoms with Gasteiger partial charge in [0, 0.05) is 50.5 Å². The molecule has 0 atom stereocenters. The van der Waals surface area contributed by atoms with Crippen LogP contribution in [0.15, 0.2) is 6.20 Å². The first-order valence-corrected chi connectivity index (χ1v) is 7.65. The lowest BCUT2D eigenvalue weighted by atomic mass is 9.79. The molecule has 4 nitrogen and oxygen atoms in total. The van der Waals surface area contributed by atoms with Crippen molar-refractivity contribution < 1.29 is 0 Å². The molecule has 0 bridgehead atoms. The van der Waals surface area contributed by atoms with E-state index in [1.54, 1.807) is 0 Å². The van der Waals surface area contributed by atoms with Crippen molar-refractivity contribution in [1.82, 2.24) is 20.0 Å². The predicted octanol–water partition coefficient (Wildman–Crippen LogP) is 1.84. The lowest BCUT2D eigenvalue weighted by molar-refractivity contribution is 0.0207. The zero-order chi connectivity index (χ0) is 13.3. The molecular weight excluding hydrogens is 236 g/mol. The predicted molar refractivity (Wildman–Crippen MR) is 77.0 cm³/mol. The van der Waals surface area contributed by atoms with E-state index in [1.807, 2.05) is 11.7 Å². The number of nitrogens with one attached hydrogen (secondary N) is 1. The number of piperazine rings is 1. The highest BCUT2D eigenvalue weighted by molar-refractivity contribution is 5.16. The largest absolute Gasteiger partial charge is 0.314 e. The number of rotatable bonds is 2. The van der Waals surface area contributed by atoms with Gasteiger partial charge in [-0.3, -0.25) is 9.58 Å². The van der Waals surface area contributed by atoms with Crippen LogP contribution in [0.2, 0.25) is 0 Å². The number of aromatic nitrogens is 2. The van der Waals surface area contributed by atoms with E-state index in [-0.39, 0.29) is 0 Å². The summed E-state index contributed by atoms with van der Waals surface area (Å²) >= 11 is 0. The summed E-state index contributed by atoms with van der Waals surface area (Å²) in [5.41, 5.74) is 3.00. The summed E-state index contributed by atoms with van der Waals surface area (Å²) in [5, 5.41) is 8.10. The Morgan fingerprint density at radius 3 is 2.79 bits per heavy atom. The first-order chi connectivity index (χ1) is 9.20. The summed E-state index contributed by atoms with van der Waals surface area (Å²) in [6.45, 7) is 6.67. The van der Waals surface area contributed by atoms with Crippen LogP contribution in [0.1, 0.15) is 43.4 Å². The van der Waals surface area contributed by atoms with Gasteiger partial charge in [0.05, 0.1) is 5.69 Å². The Morgan fingerprint density at radius 2 is 2.11 bits per heavy atom. The SMILES string of the molecule is Cc1nn(C)cc1CN1CCNCC12CCCCC2. The fourth-order valence-corrected chi connectivity index (χ4v) is 3.84. The minimum atomic E-state index is 0.415.